The van der Waals surface area contributed by atoms with Crippen LogP contribution < -0.4 is 5.32 Å². The molecule has 1 aromatic rings. The monoisotopic (exact) mass is 317 g/mol. The van der Waals surface area contributed by atoms with Gasteiger partial charge in [-0.2, -0.15) is 0 Å². The highest BCUT2D eigenvalue weighted by Crippen LogP contribution is 2.37. The van der Waals surface area contributed by atoms with Crippen molar-refractivity contribution < 1.29 is 0 Å². The van der Waals surface area contributed by atoms with Gasteiger partial charge in [-0.1, -0.05) is 27.7 Å². The second-order valence-electron chi connectivity index (χ2n) is 5.80. The van der Waals surface area contributed by atoms with Crippen molar-refractivity contribution >= 4 is 27.3 Å². The maximum atomic E-state index is 3.61. The van der Waals surface area contributed by atoms with E-state index < -0.39 is 0 Å². The quantitative estimate of drug-likeness (QED) is 0.748. The minimum absolute atomic E-state index is 0.269. The zero-order valence-electron chi connectivity index (χ0n) is 11.6. The second-order valence-corrected chi connectivity index (χ2v) is 8.17. The summed E-state index contributed by atoms with van der Waals surface area (Å²) in [6, 6.07) is 2.32. The third-order valence-corrected chi connectivity index (χ3v) is 5.51. The molecular formula is C14H24BrNS. The van der Waals surface area contributed by atoms with Crippen LogP contribution in [0.15, 0.2) is 9.85 Å². The summed E-state index contributed by atoms with van der Waals surface area (Å²) in [7, 11) is 0. The number of aryl methyl sites for hydroxylation is 1. The largest absolute Gasteiger partial charge is 0.316 e. The van der Waals surface area contributed by atoms with Crippen LogP contribution in [0.3, 0.4) is 0 Å². The standard InChI is InChI=1S/C14H24BrNS/c1-10(2)9-16-7-6-14(4,5)12-8-11(3)13(15)17-12/h8,10,16H,6-7,9H2,1-5H3. The Morgan fingerprint density at radius 2 is 2.06 bits per heavy atom. The highest BCUT2D eigenvalue weighted by atomic mass is 79.9. The van der Waals surface area contributed by atoms with E-state index in [1.54, 1.807) is 0 Å². The van der Waals surface area contributed by atoms with E-state index in [4.69, 9.17) is 0 Å². The van der Waals surface area contributed by atoms with Crippen molar-refractivity contribution in [3.63, 3.8) is 0 Å². The molecule has 0 aliphatic carbocycles. The smallest absolute Gasteiger partial charge is 0.0730 e. The van der Waals surface area contributed by atoms with E-state index in [-0.39, 0.29) is 5.41 Å². The number of hydrogen-bond donors (Lipinski definition) is 1. The van der Waals surface area contributed by atoms with Crippen LogP contribution in [-0.4, -0.2) is 13.1 Å². The van der Waals surface area contributed by atoms with Gasteiger partial charge in [0, 0.05) is 10.3 Å². The number of halogens is 1. The van der Waals surface area contributed by atoms with E-state index >= 15 is 0 Å². The Balaban J connectivity index is 2.50. The first-order valence-electron chi connectivity index (χ1n) is 6.30. The van der Waals surface area contributed by atoms with Gasteiger partial charge in [-0.25, -0.2) is 0 Å². The van der Waals surface area contributed by atoms with Gasteiger partial charge in [0.25, 0.3) is 0 Å². The lowest BCUT2D eigenvalue weighted by atomic mass is 9.87. The molecule has 0 atom stereocenters. The van der Waals surface area contributed by atoms with E-state index in [0.29, 0.717) is 0 Å². The Labute approximate surface area is 118 Å². The lowest BCUT2D eigenvalue weighted by Crippen LogP contribution is -2.27. The maximum Gasteiger partial charge on any atom is 0.0730 e. The van der Waals surface area contributed by atoms with Gasteiger partial charge in [-0.05, 0) is 59.9 Å². The van der Waals surface area contributed by atoms with Gasteiger partial charge in [-0.3, -0.25) is 0 Å². The zero-order chi connectivity index (χ0) is 13.1. The Morgan fingerprint density at radius 1 is 1.41 bits per heavy atom. The van der Waals surface area contributed by atoms with Crippen molar-refractivity contribution in [1.29, 1.82) is 0 Å². The molecule has 0 aliphatic rings. The Hall–Kier alpha value is 0.140. The van der Waals surface area contributed by atoms with Crippen molar-refractivity contribution in [1.82, 2.24) is 5.32 Å². The molecule has 3 heteroatoms. The average molecular weight is 318 g/mol. The highest BCUT2D eigenvalue weighted by Gasteiger charge is 2.22. The van der Waals surface area contributed by atoms with Crippen molar-refractivity contribution in [2.75, 3.05) is 13.1 Å². The molecule has 0 aromatic carbocycles. The molecule has 1 nitrogen and oxygen atoms in total. The topological polar surface area (TPSA) is 12.0 Å². The molecule has 17 heavy (non-hydrogen) atoms. The maximum absolute atomic E-state index is 3.61. The molecule has 0 radical (unpaired) electrons. The highest BCUT2D eigenvalue weighted by molar-refractivity contribution is 9.11. The van der Waals surface area contributed by atoms with E-state index in [1.807, 2.05) is 11.3 Å². The lowest BCUT2D eigenvalue weighted by Gasteiger charge is -2.23. The number of hydrogen-bond acceptors (Lipinski definition) is 2. The summed E-state index contributed by atoms with van der Waals surface area (Å²) in [5.41, 5.74) is 1.62. The molecule has 0 amide bonds. The summed E-state index contributed by atoms with van der Waals surface area (Å²) in [4.78, 5) is 1.48. The average Bonchev–Trinajstić information content (AvgIpc) is 2.55. The zero-order valence-corrected chi connectivity index (χ0v) is 14.0. The molecule has 0 spiro atoms. The number of nitrogens with one attached hydrogen (secondary N) is 1. The molecule has 1 heterocycles. The molecule has 0 saturated heterocycles. The fraction of sp³-hybridized carbons (Fsp3) is 0.714. The molecule has 0 bridgehead atoms. The van der Waals surface area contributed by atoms with Gasteiger partial charge in [0.15, 0.2) is 0 Å². The van der Waals surface area contributed by atoms with Crippen molar-refractivity contribution in [2.24, 2.45) is 5.92 Å². The summed E-state index contributed by atoms with van der Waals surface area (Å²) in [5.74, 6) is 0.733. The first-order valence-corrected chi connectivity index (χ1v) is 7.91. The predicted molar refractivity (Wildman–Crippen MR) is 82.1 cm³/mol. The van der Waals surface area contributed by atoms with Gasteiger partial charge in [0.05, 0.1) is 3.79 Å². The van der Waals surface area contributed by atoms with Crippen molar-refractivity contribution in [3.8, 4) is 0 Å². The molecule has 1 rings (SSSR count). The summed E-state index contributed by atoms with van der Waals surface area (Å²) < 4.78 is 1.27. The summed E-state index contributed by atoms with van der Waals surface area (Å²) in [6.45, 7) is 13.5. The SMILES string of the molecule is Cc1cc(C(C)(C)CCNCC(C)C)sc1Br. The van der Waals surface area contributed by atoms with Crippen molar-refractivity contribution in [3.05, 3.63) is 20.3 Å². The van der Waals surface area contributed by atoms with Crippen LogP contribution >= 0.6 is 27.3 Å². The summed E-state index contributed by atoms with van der Waals surface area (Å²) in [6.07, 6.45) is 1.19. The van der Waals surface area contributed by atoms with Crippen LogP contribution in [0.4, 0.5) is 0 Å². The van der Waals surface area contributed by atoms with Crippen LogP contribution in [0.2, 0.25) is 0 Å². The molecule has 1 aromatic heterocycles. The first kappa shape index (κ1) is 15.2. The van der Waals surface area contributed by atoms with E-state index in [9.17, 15) is 0 Å². The molecule has 0 unspecified atom stereocenters. The van der Waals surface area contributed by atoms with E-state index in [2.05, 4.69) is 61.9 Å². The third-order valence-electron chi connectivity index (χ3n) is 3.00. The van der Waals surface area contributed by atoms with Gasteiger partial charge in [-0.15, -0.1) is 11.3 Å². The normalized spacial score (nSPS) is 12.4. The number of thiophene rings is 1. The molecule has 1 N–H and O–H groups in total. The first-order chi connectivity index (χ1) is 7.83. The lowest BCUT2D eigenvalue weighted by molar-refractivity contribution is 0.448. The molecular weight excluding hydrogens is 294 g/mol. The van der Waals surface area contributed by atoms with Gasteiger partial charge in [0.2, 0.25) is 0 Å². The second kappa shape index (κ2) is 6.35. The Morgan fingerprint density at radius 3 is 2.53 bits per heavy atom. The summed E-state index contributed by atoms with van der Waals surface area (Å²) >= 11 is 5.49. The van der Waals surface area contributed by atoms with Crippen LogP contribution in [-0.2, 0) is 5.41 Å². The van der Waals surface area contributed by atoms with E-state index in [1.165, 1.54) is 20.6 Å². The number of rotatable bonds is 6. The van der Waals surface area contributed by atoms with Crippen LogP contribution in [0, 0.1) is 12.8 Å². The Kier molecular flexibility index (Phi) is 5.68. The minimum atomic E-state index is 0.269. The Bertz CT molecular complexity index is 336. The fourth-order valence-corrected chi connectivity index (χ4v) is 3.37. The van der Waals surface area contributed by atoms with Gasteiger partial charge < -0.3 is 5.32 Å². The minimum Gasteiger partial charge on any atom is -0.316 e. The third kappa shape index (κ3) is 4.72. The summed E-state index contributed by atoms with van der Waals surface area (Å²) in [5, 5.41) is 3.53. The predicted octanol–water partition coefficient (Wildman–Crippen LogP) is 4.73. The van der Waals surface area contributed by atoms with Crippen LogP contribution in [0.25, 0.3) is 0 Å². The van der Waals surface area contributed by atoms with Crippen molar-refractivity contribution in [2.45, 2.75) is 46.5 Å². The molecule has 0 aliphatic heterocycles. The molecule has 98 valence electrons. The van der Waals surface area contributed by atoms with Crippen LogP contribution in [0.1, 0.15) is 44.6 Å². The fourth-order valence-electron chi connectivity index (χ4n) is 1.71. The van der Waals surface area contributed by atoms with Gasteiger partial charge in [0.1, 0.15) is 0 Å². The van der Waals surface area contributed by atoms with Gasteiger partial charge >= 0.3 is 0 Å². The van der Waals surface area contributed by atoms with Crippen LogP contribution in [0.5, 0.6) is 0 Å². The molecule has 0 saturated carbocycles. The van der Waals surface area contributed by atoms with E-state index in [0.717, 1.165) is 19.0 Å². The molecule has 0 fully saturated rings.